The van der Waals surface area contributed by atoms with E-state index in [9.17, 15) is 0 Å². The van der Waals surface area contributed by atoms with Gasteiger partial charge in [-0.05, 0) is 107 Å². The molecule has 2 saturated carbocycles. The van der Waals surface area contributed by atoms with Crippen molar-refractivity contribution in [3.63, 3.8) is 0 Å². The van der Waals surface area contributed by atoms with Gasteiger partial charge < -0.3 is 4.90 Å². The van der Waals surface area contributed by atoms with Crippen molar-refractivity contribution in [2.75, 3.05) is 26.7 Å². The molecule has 2 aliphatic heterocycles. The summed E-state index contributed by atoms with van der Waals surface area (Å²) in [4.78, 5) is 5.67. The molecule has 4 rings (SSSR count). The van der Waals surface area contributed by atoms with Crippen LogP contribution in [-0.4, -0.2) is 48.6 Å². The molecule has 28 heavy (non-hydrogen) atoms. The maximum absolute atomic E-state index is 2.89. The molecular weight excluding hydrogens is 340 g/mol. The van der Waals surface area contributed by atoms with Gasteiger partial charge in [0.25, 0.3) is 0 Å². The van der Waals surface area contributed by atoms with Gasteiger partial charge in [0, 0.05) is 12.1 Å². The highest BCUT2D eigenvalue weighted by Gasteiger charge is 2.51. The van der Waals surface area contributed by atoms with E-state index in [0.29, 0.717) is 16.2 Å². The number of likely N-dealkylation sites (N-methyl/N-ethyl adjacent to an activating group) is 2. The minimum atomic E-state index is 0.623. The molecule has 0 aromatic rings. The van der Waals surface area contributed by atoms with E-state index in [4.69, 9.17) is 0 Å². The number of hydrogen-bond donors (Lipinski definition) is 0. The zero-order valence-corrected chi connectivity index (χ0v) is 19.7. The van der Waals surface area contributed by atoms with Crippen LogP contribution in [0.3, 0.4) is 0 Å². The Morgan fingerprint density at radius 2 is 1.50 bits per heavy atom. The fourth-order valence-corrected chi connectivity index (χ4v) is 7.87. The Morgan fingerprint density at radius 1 is 0.821 bits per heavy atom. The number of piperidine rings is 2. The topological polar surface area (TPSA) is 6.48 Å². The van der Waals surface area contributed by atoms with E-state index in [2.05, 4.69) is 44.5 Å². The van der Waals surface area contributed by atoms with E-state index >= 15 is 0 Å². The van der Waals surface area contributed by atoms with Gasteiger partial charge in [-0.1, -0.05) is 47.0 Å². The average molecular weight is 389 g/mol. The van der Waals surface area contributed by atoms with Crippen LogP contribution in [-0.2, 0) is 0 Å². The van der Waals surface area contributed by atoms with Crippen molar-refractivity contribution in [2.45, 2.75) is 117 Å². The standard InChI is InChI=1S/C26H48N2/c1-6-24(4)12-13-26(20-24)14-16-27(5)22(18-26)23-19-25(15-17-28(23)7-2)10-8-21(3)9-11-25/h21-23H,6-20H2,1-5H3. The summed E-state index contributed by atoms with van der Waals surface area (Å²) in [5.74, 6) is 0.971. The highest BCUT2D eigenvalue weighted by atomic mass is 15.2. The van der Waals surface area contributed by atoms with Gasteiger partial charge in [0.15, 0.2) is 0 Å². The summed E-state index contributed by atoms with van der Waals surface area (Å²) in [6, 6.07) is 1.60. The van der Waals surface area contributed by atoms with Crippen LogP contribution in [0.2, 0.25) is 0 Å². The highest BCUT2D eigenvalue weighted by Crippen LogP contribution is 2.58. The fourth-order valence-electron chi connectivity index (χ4n) is 7.87. The van der Waals surface area contributed by atoms with E-state index in [1.165, 1.54) is 96.7 Å². The molecule has 4 unspecified atom stereocenters. The molecule has 2 saturated heterocycles. The maximum Gasteiger partial charge on any atom is 0.0256 e. The second-order valence-corrected chi connectivity index (χ2v) is 12.2. The third-order valence-electron chi connectivity index (χ3n) is 10.3. The van der Waals surface area contributed by atoms with Gasteiger partial charge in [-0.25, -0.2) is 0 Å². The maximum atomic E-state index is 2.89. The fraction of sp³-hybridized carbons (Fsp3) is 1.00. The van der Waals surface area contributed by atoms with Gasteiger partial charge in [-0.15, -0.1) is 0 Å². The van der Waals surface area contributed by atoms with Gasteiger partial charge >= 0.3 is 0 Å². The van der Waals surface area contributed by atoms with Crippen LogP contribution in [0.5, 0.6) is 0 Å². The van der Waals surface area contributed by atoms with Crippen molar-refractivity contribution in [3.05, 3.63) is 0 Å². The van der Waals surface area contributed by atoms with Crippen LogP contribution >= 0.6 is 0 Å². The van der Waals surface area contributed by atoms with Gasteiger partial charge in [0.2, 0.25) is 0 Å². The minimum Gasteiger partial charge on any atom is -0.302 e. The second kappa shape index (κ2) is 7.88. The Balaban J connectivity index is 1.52. The van der Waals surface area contributed by atoms with Crippen LogP contribution in [0.4, 0.5) is 0 Å². The predicted octanol–water partition coefficient (Wildman–Crippen LogP) is 6.35. The first-order valence-electron chi connectivity index (χ1n) is 12.8. The molecule has 2 heteroatoms. The molecular formula is C26H48N2. The minimum absolute atomic E-state index is 0.623. The number of likely N-dealkylation sites (tertiary alicyclic amines) is 2. The average Bonchev–Trinajstić information content (AvgIpc) is 3.04. The Kier molecular flexibility index (Phi) is 5.95. The first-order valence-corrected chi connectivity index (χ1v) is 12.8. The molecule has 0 bridgehead atoms. The molecule has 4 atom stereocenters. The summed E-state index contributed by atoms with van der Waals surface area (Å²) >= 11 is 0. The van der Waals surface area contributed by atoms with Crippen LogP contribution in [0.15, 0.2) is 0 Å². The van der Waals surface area contributed by atoms with Crippen LogP contribution < -0.4 is 0 Å². The second-order valence-electron chi connectivity index (χ2n) is 12.2. The summed E-state index contributed by atoms with van der Waals surface area (Å²) in [6.45, 7) is 13.8. The molecule has 2 heterocycles. The number of rotatable bonds is 3. The quantitative estimate of drug-likeness (QED) is 0.556. The van der Waals surface area contributed by atoms with Crippen LogP contribution in [0.25, 0.3) is 0 Å². The van der Waals surface area contributed by atoms with E-state index in [1.54, 1.807) is 0 Å². The molecule has 2 spiro atoms. The molecule has 4 aliphatic rings. The molecule has 0 amide bonds. The molecule has 0 aromatic heterocycles. The SMILES string of the molecule is CCN1CCC2(CCC(C)CC2)CC1C1CC2(CCN1C)CCC(C)(CC)C2. The van der Waals surface area contributed by atoms with E-state index in [0.717, 1.165) is 18.0 Å². The van der Waals surface area contributed by atoms with E-state index < -0.39 is 0 Å². The van der Waals surface area contributed by atoms with Crippen molar-refractivity contribution in [1.82, 2.24) is 9.80 Å². The van der Waals surface area contributed by atoms with Gasteiger partial charge in [0.1, 0.15) is 0 Å². The smallest absolute Gasteiger partial charge is 0.0256 e. The summed E-state index contributed by atoms with van der Waals surface area (Å²) < 4.78 is 0. The van der Waals surface area contributed by atoms with Crippen molar-refractivity contribution in [1.29, 1.82) is 0 Å². The lowest BCUT2D eigenvalue weighted by atomic mass is 9.61. The van der Waals surface area contributed by atoms with Gasteiger partial charge in [-0.2, -0.15) is 0 Å². The lowest BCUT2D eigenvalue weighted by molar-refractivity contribution is -0.0481. The number of nitrogens with zero attached hydrogens (tertiary/aromatic N) is 2. The Hall–Kier alpha value is -0.0800. The first kappa shape index (κ1) is 21.2. The molecule has 0 N–H and O–H groups in total. The lowest BCUT2D eigenvalue weighted by Gasteiger charge is -2.55. The molecule has 0 radical (unpaired) electrons. The molecule has 2 aliphatic carbocycles. The van der Waals surface area contributed by atoms with Gasteiger partial charge in [0.05, 0.1) is 0 Å². The molecule has 2 nitrogen and oxygen atoms in total. The van der Waals surface area contributed by atoms with Crippen molar-refractivity contribution in [3.8, 4) is 0 Å². The normalized spacial score (nSPS) is 48.5. The largest absolute Gasteiger partial charge is 0.302 e. The van der Waals surface area contributed by atoms with Crippen molar-refractivity contribution >= 4 is 0 Å². The third kappa shape index (κ3) is 3.94. The summed E-state index contributed by atoms with van der Waals surface area (Å²) in [5, 5.41) is 0. The number of hydrogen-bond acceptors (Lipinski definition) is 2. The zero-order chi connectivity index (χ0) is 20.0. The van der Waals surface area contributed by atoms with Gasteiger partial charge in [-0.3, -0.25) is 4.90 Å². The molecule has 4 fully saturated rings. The van der Waals surface area contributed by atoms with E-state index in [1.807, 2.05) is 0 Å². The highest BCUT2D eigenvalue weighted by molar-refractivity contribution is 5.05. The van der Waals surface area contributed by atoms with Crippen molar-refractivity contribution < 1.29 is 0 Å². The summed E-state index contributed by atoms with van der Waals surface area (Å²) in [7, 11) is 2.45. The first-order chi connectivity index (χ1) is 13.3. The Labute approximate surface area is 175 Å². The predicted molar refractivity (Wildman–Crippen MR) is 121 cm³/mol. The van der Waals surface area contributed by atoms with Crippen LogP contribution in [0, 0.1) is 22.2 Å². The van der Waals surface area contributed by atoms with Crippen LogP contribution in [0.1, 0.15) is 105 Å². The molecule has 162 valence electrons. The summed E-state index contributed by atoms with van der Waals surface area (Å²) in [5.41, 5.74) is 1.97. The summed E-state index contributed by atoms with van der Waals surface area (Å²) in [6.07, 6.45) is 17.7. The lowest BCUT2D eigenvalue weighted by Crippen LogP contribution is -2.60. The molecule has 0 aromatic carbocycles. The third-order valence-corrected chi connectivity index (χ3v) is 10.3. The zero-order valence-electron chi connectivity index (χ0n) is 19.7. The van der Waals surface area contributed by atoms with Crippen molar-refractivity contribution in [2.24, 2.45) is 22.2 Å². The monoisotopic (exact) mass is 388 g/mol. The Morgan fingerprint density at radius 3 is 2.14 bits per heavy atom. The Bertz CT molecular complexity index is 533. The van der Waals surface area contributed by atoms with E-state index in [-0.39, 0.29) is 0 Å².